The van der Waals surface area contributed by atoms with Gasteiger partial charge >= 0.3 is 0 Å². The molecular weight excluding hydrogens is 531 g/mol. The Bertz CT molecular complexity index is 922. The van der Waals surface area contributed by atoms with E-state index in [4.69, 9.17) is 14.5 Å². The van der Waals surface area contributed by atoms with Crippen LogP contribution in [0.2, 0.25) is 0 Å². The van der Waals surface area contributed by atoms with Gasteiger partial charge in [-0.05, 0) is 43.5 Å². The van der Waals surface area contributed by atoms with Crippen molar-refractivity contribution in [3.63, 3.8) is 0 Å². The highest BCUT2D eigenvalue weighted by Gasteiger charge is 2.19. The molecule has 0 bridgehead atoms. The molecule has 1 unspecified atom stereocenters. The first-order valence-electron chi connectivity index (χ1n) is 11.3. The minimum atomic E-state index is -0.0727. The number of benzene rings is 2. The Morgan fingerprint density at radius 2 is 1.88 bits per heavy atom. The van der Waals surface area contributed by atoms with Crippen molar-refractivity contribution in [3.8, 4) is 11.5 Å². The van der Waals surface area contributed by atoms with E-state index < -0.39 is 0 Å². The van der Waals surface area contributed by atoms with Crippen molar-refractivity contribution in [2.45, 2.75) is 45.9 Å². The zero-order valence-electron chi connectivity index (χ0n) is 19.7. The van der Waals surface area contributed by atoms with Crippen LogP contribution in [-0.2, 0) is 17.9 Å². The predicted octanol–water partition coefficient (Wildman–Crippen LogP) is 3.96. The molecule has 2 N–H and O–H groups in total. The van der Waals surface area contributed by atoms with Gasteiger partial charge in [0.25, 0.3) is 0 Å². The molecule has 1 amide bonds. The number of hydrogen-bond acceptors (Lipinski definition) is 4. The molecule has 0 radical (unpaired) electrons. The van der Waals surface area contributed by atoms with Gasteiger partial charge in [-0.2, -0.15) is 0 Å². The summed E-state index contributed by atoms with van der Waals surface area (Å²) >= 11 is 0. The van der Waals surface area contributed by atoms with Crippen LogP contribution < -0.4 is 20.1 Å². The van der Waals surface area contributed by atoms with E-state index in [0.717, 1.165) is 48.1 Å². The van der Waals surface area contributed by atoms with Crippen LogP contribution in [0.25, 0.3) is 0 Å². The first kappa shape index (κ1) is 26.8. The number of nitrogens with one attached hydrogen (secondary N) is 2. The van der Waals surface area contributed by atoms with Crippen LogP contribution in [0.3, 0.4) is 0 Å². The lowest BCUT2D eigenvalue weighted by Crippen LogP contribution is -2.41. The zero-order valence-corrected chi connectivity index (χ0v) is 22.0. The molecule has 2 aromatic carbocycles. The summed E-state index contributed by atoms with van der Waals surface area (Å²) < 4.78 is 11.4. The van der Waals surface area contributed by atoms with Crippen LogP contribution in [0.15, 0.2) is 53.5 Å². The van der Waals surface area contributed by atoms with Crippen LogP contribution in [0, 0.1) is 0 Å². The monoisotopic (exact) mass is 566 g/mol. The van der Waals surface area contributed by atoms with Gasteiger partial charge in [0.1, 0.15) is 6.10 Å². The van der Waals surface area contributed by atoms with Crippen molar-refractivity contribution in [1.29, 1.82) is 0 Å². The summed E-state index contributed by atoms with van der Waals surface area (Å²) in [5, 5.41) is 6.63. The number of halogens is 1. The highest BCUT2D eigenvalue weighted by atomic mass is 127. The van der Waals surface area contributed by atoms with E-state index in [9.17, 15) is 4.79 Å². The predicted molar refractivity (Wildman–Crippen MR) is 142 cm³/mol. The maximum Gasteiger partial charge on any atom is 0.222 e. The maximum absolute atomic E-state index is 11.9. The van der Waals surface area contributed by atoms with Crippen molar-refractivity contribution < 1.29 is 14.3 Å². The number of methoxy groups -OCH3 is 1. The molecular formula is C25H35IN4O3. The van der Waals surface area contributed by atoms with Crippen molar-refractivity contribution in [2.75, 3.05) is 26.7 Å². The molecule has 3 rings (SSSR count). The SMILES string of the molecule is CCNC(=NCc1cccc(CN2CCCC2=O)c1)NCC(C)Oc1ccccc1OC.I. The second kappa shape index (κ2) is 13.9. The summed E-state index contributed by atoms with van der Waals surface area (Å²) in [4.78, 5) is 18.5. The number of amides is 1. The van der Waals surface area contributed by atoms with Gasteiger partial charge in [0, 0.05) is 26.1 Å². The number of likely N-dealkylation sites (tertiary alicyclic amines) is 1. The standard InChI is InChI=1S/C25H34N4O3.HI/c1-4-26-25(27-16-19(2)32-23-12-6-5-11-22(23)31-3)28-17-20-9-7-10-21(15-20)18-29-14-8-13-24(29)30;/h5-7,9-12,15,19H,4,8,13-14,16-18H2,1-3H3,(H2,26,27,28);1H. The van der Waals surface area contributed by atoms with E-state index in [1.54, 1.807) is 7.11 Å². The number of rotatable bonds is 10. The number of para-hydroxylation sites is 2. The second-order valence-corrected chi connectivity index (χ2v) is 7.89. The van der Waals surface area contributed by atoms with Gasteiger partial charge in [0.2, 0.25) is 5.91 Å². The Kier molecular flexibility index (Phi) is 11.3. The van der Waals surface area contributed by atoms with Crippen molar-refractivity contribution in [1.82, 2.24) is 15.5 Å². The van der Waals surface area contributed by atoms with Gasteiger partial charge < -0.3 is 25.0 Å². The van der Waals surface area contributed by atoms with Crippen LogP contribution in [0.5, 0.6) is 11.5 Å². The summed E-state index contributed by atoms with van der Waals surface area (Å²) in [6, 6.07) is 15.9. The molecule has 7 nitrogen and oxygen atoms in total. The van der Waals surface area contributed by atoms with Crippen molar-refractivity contribution in [2.24, 2.45) is 4.99 Å². The van der Waals surface area contributed by atoms with E-state index in [2.05, 4.69) is 28.8 Å². The van der Waals surface area contributed by atoms with E-state index in [1.165, 1.54) is 0 Å². The number of aliphatic imine (C=N–C) groups is 1. The molecule has 1 atom stereocenters. The Hall–Kier alpha value is -2.49. The van der Waals surface area contributed by atoms with Crippen LogP contribution in [-0.4, -0.2) is 49.6 Å². The molecule has 1 saturated heterocycles. The highest BCUT2D eigenvalue weighted by Crippen LogP contribution is 2.26. The Morgan fingerprint density at radius 1 is 1.12 bits per heavy atom. The summed E-state index contributed by atoms with van der Waals surface area (Å²) in [6.07, 6.45) is 1.55. The molecule has 1 fully saturated rings. The lowest BCUT2D eigenvalue weighted by Gasteiger charge is -2.19. The number of hydrogen-bond donors (Lipinski definition) is 2. The number of guanidine groups is 1. The van der Waals surface area contributed by atoms with E-state index in [1.807, 2.05) is 49.1 Å². The summed E-state index contributed by atoms with van der Waals surface area (Å²) in [6.45, 7) is 7.49. The minimum Gasteiger partial charge on any atom is -0.493 e. The van der Waals surface area contributed by atoms with Crippen LogP contribution in [0.1, 0.15) is 37.8 Å². The number of nitrogens with zero attached hydrogens (tertiary/aromatic N) is 2. The van der Waals surface area contributed by atoms with Crippen molar-refractivity contribution >= 4 is 35.8 Å². The third kappa shape index (κ3) is 8.42. The Labute approximate surface area is 214 Å². The van der Waals surface area contributed by atoms with E-state index >= 15 is 0 Å². The van der Waals surface area contributed by atoms with E-state index in [0.29, 0.717) is 26.1 Å². The maximum atomic E-state index is 11.9. The average molecular weight is 566 g/mol. The van der Waals surface area contributed by atoms with Gasteiger partial charge in [0.05, 0.1) is 20.2 Å². The molecule has 0 aromatic heterocycles. The zero-order chi connectivity index (χ0) is 22.8. The summed E-state index contributed by atoms with van der Waals surface area (Å²) in [5.74, 6) is 2.43. The van der Waals surface area contributed by atoms with Crippen LogP contribution in [0.4, 0.5) is 0 Å². The molecule has 1 aliphatic rings. The first-order valence-corrected chi connectivity index (χ1v) is 11.3. The van der Waals surface area contributed by atoms with Crippen molar-refractivity contribution in [3.05, 3.63) is 59.7 Å². The fraction of sp³-hybridized carbons (Fsp3) is 0.440. The quantitative estimate of drug-likeness (QED) is 0.259. The van der Waals surface area contributed by atoms with Crippen LogP contribution >= 0.6 is 24.0 Å². The molecule has 8 heteroatoms. The van der Waals surface area contributed by atoms with Gasteiger partial charge in [-0.15, -0.1) is 24.0 Å². The Morgan fingerprint density at radius 3 is 2.58 bits per heavy atom. The van der Waals surface area contributed by atoms with Gasteiger partial charge in [0.15, 0.2) is 17.5 Å². The average Bonchev–Trinajstić information content (AvgIpc) is 3.20. The third-order valence-electron chi connectivity index (χ3n) is 5.25. The molecule has 0 spiro atoms. The molecule has 0 saturated carbocycles. The fourth-order valence-corrected chi connectivity index (χ4v) is 3.65. The second-order valence-electron chi connectivity index (χ2n) is 7.89. The normalized spacial score (nSPS) is 14.5. The largest absolute Gasteiger partial charge is 0.493 e. The minimum absolute atomic E-state index is 0. The smallest absolute Gasteiger partial charge is 0.222 e. The molecule has 2 aromatic rings. The topological polar surface area (TPSA) is 75.2 Å². The fourth-order valence-electron chi connectivity index (χ4n) is 3.65. The summed E-state index contributed by atoms with van der Waals surface area (Å²) in [7, 11) is 1.64. The van der Waals surface area contributed by atoms with Gasteiger partial charge in [-0.1, -0.05) is 36.4 Å². The van der Waals surface area contributed by atoms with Gasteiger partial charge in [-0.3, -0.25) is 4.79 Å². The van der Waals surface area contributed by atoms with Gasteiger partial charge in [-0.25, -0.2) is 4.99 Å². The molecule has 0 aliphatic carbocycles. The summed E-state index contributed by atoms with van der Waals surface area (Å²) in [5.41, 5.74) is 2.26. The lowest BCUT2D eigenvalue weighted by molar-refractivity contribution is -0.128. The number of ether oxygens (including phenoxy) is 2. The third-order valence-corrected chi connectivity index (χ3v) is 5.25. The number of carbonyl (C=O) groups excluding carboxylic acids is 1. The molecule has 180 valence electrons. The Balaban J connectivity index is 0.00000385. The number of carbonyl (C=O) groups is 1. The first-order chi connectivity index (χ1) is 15.6. The highest BCUT2D eigenvalue weighted by molar-refractivity contribution is 14.0. The van der Waals surface area contributed by atoms with E-state index in [-0.39, 0.29) is 36.0 Å². The molecule has 33 heavy (non-hydrogen) atoms. The lowest BCUT2D eigenvalue weighted by atomic mass is 10.1. The molecule has 1 heterocycles. The molecule has 1 aliphatic heterocycles.